The van der Waals surface area contributed by atoms with Crippen LogP contribution in [0.15, 0.2) is 30.3 Å². The molecule has 0 unspecified atom stereocenters. The summed E-state index contributed by atoms with van der Waals surface area (Å²) < 4.78 is 0. The maximum atomic E-state index is 3.24. The summed E-state index contributed by atoms with van der Waals surface area (Å²) in [6, 6.07) is 13.4. The van der Waals surface area contributed by atoms with Crippen LogP contribution < -0.4 is 0 Å². The maximum Gasteiger partial charge on any atom is 0.0263 e. The Kier molecular flexibility index (Phi) is 3.29. The Balaban J connectivity index is 1.95. The van der Waals surface area contributed by atoms with Gasteiger partial charge in [0.1, 0.15) is 0 Å². The zero-order chi connectivity index (χ0) is 10.5. The van der Waals surface area contributed by atoms with Crippen LogP contribution in [0.2, 0.25) is 0 Å². The van der Waals surface area contributed by atoms with Crippen LogP contribution in [0.25, 0.3) is 0 Å². The van der Waals surface area contributed by atoms with E-state index in [9.17, 15) is 0 Å². The van der Waals surface area contributed by atoms with Gasteiger partial charge in [0.25, 0.3) is 0 Å². The number of hydrogen-bond donors (Lipinski definition) is 0. The van der Waals surface area contributed by atoms with E-state index in [0.717, 1.165) is 24.6 Å². The molecule has 0 spiro atoms. The van der Waals surface area contributed by atoms with Crippen molar-refractivity contribution in [2.75, 3.05) is 13.1 Å². The minimum atomic E-state index is 0.875. The van der Waals surface area contributed by atoms with Crippen molar-refractivity contribution in [1.29, 1.82) is 0 Å². The molecule has 0 aromatic heterocycles. The van der Waals surface area contributed by atoms with Crippen molar-refractivity contribution in [2.45, 2.75) is 19.8 Å². The van der Waals surface area contributed by atoms with Crippen LogP contribution in [-0.4, -0.2) is 18.0 Å². The highest BCUT2D eigenvalue weighted by molar-refractivity contribution is 5.33. The zero-order valence-corrected chi connectivity index (χ0v) is 9.24. The Labute approximate surface area is 92.1 Å². The van der Waals surface area contributed by atoms with E-state index < -0.39 is 0 Å². The maximum absolute atomic E-state index is 3.24. The molecular weight excluding hydrogens is 182 g/mol. The van der Waals surface area contributed by atoms with Gasteiger partial charge in [-0.2, -0.15) is 0 Å². The van der Waals surface area contributed by atoms with Crippen LogP contribution in [0.4, 0.5) is 0 Å². The van der Waals surface area contributed by atoms with Crippen LogP contribution in [0.1, 0.15) is 25.3 Å². The molecule has 1 aromatic carbocycles. The van der Waals surface area contributed by atoms with Crippen molar-refractivity contribution >= 4 is 0 Å². The van der Waals surface area contributed by atoms with Gasteiger partial charge in [-0.05, 0) is 36.8 Å². The Morgan fingerprint density at radius 2 is 1.80 bits per heavy atom. The SMILES string of the molecule is CC1CCN(C#Cc2ccccc2)CC1. The fourth-order valence-corrected chi connectivity index (χ4v) is 1.79. The zero-order valence-electron chi connectivity index (χ0n) is 9.24. The molecule has 1 heteroatoms. The van der Waals surface area contributed by atoms with E-state index in [4.69, 9.17) is 0 Å². The van der Waals surface area contributed by atoms with Crippen LogP contribution in [0, 0.1) is 17.9 Å². The summed E-state index contributed by atoms with van der Waals surface area (Å²) in [6.45, 7) is 4.57. The summed E-state index contributed by atoms with van der Waals surface area (Å²) in [6.07, 6.45) is 2.56. The predicted molar refractivity (Wildman–Crippen MR) is 63.3 cm³/mol. The van der Waals surface area contributed by atoms with Crippen molar-refractivity contribution in [2.24, 2.45) is 5.92 Å². The lowest BCUT2D eigenvalue weighted by Gasteiger charge is -2.26. The van der Waals surface area contributed by atoms with Gasteiger partial charge in [0.15, 0.2) is 0 Å². The molecule has 1 fully saturated rings. The average molecular weight is 199 g/mol. The molecular formula is C14H17N. The van der Waals surface area contributed by atoms with Crippen molar-refractivity contribution in [3.8, 4) is 12.0 Å². The highest BCUT2D eigenvalue weighted by Gasteiger charge is 2.12. The number of piperidine rings is 1. The number of hydrogen-bond acceptors (Lipinski definition) is 1. The highest BCUT2D eigenvalue weighted by atomic mass is 15.1. The fraction of sp³-hybridized carbons (Fsp3) is 0.429. The standard InChI is InChI=1S/C14H17N/c1-13-7-10-15(11-8-13)12-9-14-5-3-2-4-6-14/h2-6,13H,7-8,10-11H2,1H3. The molecule has 1 aromatic rings. The van der Waals surface area contributed by atoms with Crippen LogP contribution in [-0.2, 0) is 0 Å². The first-order valence-corrected chi connectivity index (χ1v) is 5.66. The first-order chi connectivity index (χ1) is 7.34. The quantitative estimate of drug-likeness (QED) is 0.581. The summed E-state index contributed by atoms with van der Waals surface area (Å²) >= 11 is 0. The number of benzene rings is 1. The molecule has 1 aliphatic heterocycles. The molecule has 2 rings (SSSR count). The van der Waals surface area contributed by atoms with E-state index >= 15 is 0 Å². The van der Waals surface area contributed by atoms with E-state index in [1.807, 2.05) is 18.2 Å². The van der Waals surface area contributed by atoms with Crippen LogP contribution in [0.3, 0.4) is 0 Å². The minimum Gasteiger partial charge on any atom is -0.332 e. The van der Waals surface area contributed by atoms with Gasteiger partial charge in [0.2, 0.25) is 0 Å². The van der Waals surface area contributed by atoms with Gasteiger partial charge in [-0.1, -0.05) is 25.1 Å². The second-order valence-corrected chi connectivity index (χ2v) is 4.27. The largest absolute Gasteiger partial charge is 0.332 e. The minimum absolute atomic E-state index is 0.875. The van der Waals surface area contributed by atoms with Gasteiger partial charge < -0.3 is 4.90 Å². The molecule has 0 amide bonds. The summed E-state index contributed by atoms with van der Waals surface area (Å²) in [5, 5.41) is 0. The fourth-order valence-electron chi connectivity index (χ4n) is 1.79. The molecule has 15 heavy (non-hydrogen) atoms. The number of rotatable bonds is 0. The Morgan fingerprint density at radius 1 is 1.13 bits per heavy atom. The first-order valence-electron chi connectivity index (χ1n) is 5.66. The predicted octanol–water partition coefficient (Wildman–Crippen LogP) is 2.73. The smallest absolute Gasteiger partial charge is 0.0263 e. The Hall–Kier alpha value is -1.42. The summed E-state index contributed by atoms with van der Waals surface area (Å²) in [5.41, 5.74) is 1.11. The molecule has 1 heterocycles. The van der Waals surface area contributed by atoms with Crippen LogP contribution in [0.5, 0.6) is 0 Å². The van der Waals surface area contributed by atoms with Gasteiger partial charge in [-0.25, -0.2) is 0 Å². The third kappa shape index (κ3) is 3.02. The molecule has 0 radical (unpaired) electrons. The molecule has 1 saturated heterocycles. The van der Waals surface area contributed by atoms with Crippen LogP contribution >= 0.6 is 0 Å². The Bertz CT molecular complexity index is 350. The molecule has 0 atom stereocenters. The molecule has 78 valence electrons. The summed E-state index contributed by atoms with van der Waals surface area (Å²) in [4.78, 5) is 2.24. The van der Waals surface area contributed by atoms with Gasteiger partial charge in [-0.3, -0.25) is 0 Å². The molecule has 1 nitrogen and oxygen atoms in total. The lowest BCUT2D eigenvalue weighted by Crippen LogP contribution is -2.28. The van der Waals surface area contributed by atoms with E-state index in [1.165, 1.54) is 12.8 Å². The molecule has 0 N–H and O–H groups in total. The van der Waals surface area contributed by atoms with E-state index in [1.54, 1.807) is 0 Å². The lowest BCUT2D eigenvalue weighted by atomic mass is 10.00. The van der Waals surface area contributed by atoms with E-state index in [2.05, 4.69) is 35.9 Å². The van der Waals surface area contributed by atoms with Crippen molar-refractivity contribution in [3.63, 3.8) is 0 Å². The highest BCUT2D eigenvalue weighted by Crippen LogP contribution is 2.14. The number of likely N-dealkylation sites (tertiary alicyclic amines) is 1. The van der Waals surface area contributed by atoms with Crippen molar-refractivity contribution in [3.05, 3.63) is 35.9 Å². The average Bonchev–Trinajstić information content (AvgIpc) is 2.30. The summed E-state index contributed by atoms with van der Waals surface area (Å²) in [5.74, 6) is 4.08. The molecule has 0 saturated carbocycles. The third-order valence-electron chi connectivity index (χ3n) is 2.92. The third-order valence-corrected chi connectivity index (χ3v) is 2.92. The van der Waals surface area contributed by atoms with Gasteiger partial charge in [0, 0.05) is 24.7 Å². The monoisotopic (exact) mass is 199 g/mol. The van der Waals surface area contributed by atoms with E-state index in [-0.39, 0.29) is 0 Å². The normalized spacial score (nSPS) is 17.0. The lowest BCUT2D eigenvalue weighted by molar-refractivity contribution is 0.268. The molecule has 0 aliphatic carbocycles. The van der Waals surface area contributed by atoms with Gasteiger partial charge in [0.05, 0.1) is 0 Å². The van der Waals surface area contributed by atoms with Crippen molar-refractivity contribution in [1.82, 2.24) is 4.90 Å². The second kappa shape index (κ2) is 4.89. The number of nitrogens with zero attached hydrogens (tertiary/aromatic N) is 1. The molecule has 1 aliphatic rings. The topological polar surface area (TPSA) is 3.24 Å². The molecule has 0 bridgehead atoms. The second-order valence-electron chi connectivity index (χ2n) is 4.27. The van der Waals surface area contributed by atoms with E-state index in [0.29, 0.717) is 0 Å². The van der Waals surface area contributed by atoms with Crippen molar-refractivity contribution < 1.29 is 0 Å². The van der Waals surface area contributed by atoms with Gasteiger partial charge in [-0.15, -0.1) is 0 Å². The van der Waals surface area contributed by atoms with Gasteiger partial charge >= 0.3 is 0 Å². The first kappa shape index (κ1) is 10.1. The Morgan fingerprint density at radius 3 is 2.47 bits per heavy atom. The summed E-state index contributed by atoms with van der Waals surface area (Å²) in [7, 11) is 0.